The fraction of sp³-hybridized carbons (Fsp3) is 0.583. The Kier molecular flexibility index (Phi) is 7.12. The topological polar surface area (TPSA) is 51.9 Å². The molecule has 1 atom stereocenters. The second-order valence-corrected chi connectivity index (χ2v) is 8.87. The van der Waals surface area contributed by atoms with E-state index >= 15 is 0 Å². The van der Waals surface area contributed by atoms with Gasteiger partial charge in [0.05, 0.1) is 6.20 Å². The van der Waals surface area contributed by atoms with Gasteiger partial charge in [-0.25, -0.2) is 0 Å². The highest BCUT2D eigenvalue weighted by atomic mass is 15.3. The van der Waals surface area contributed by atoms with E-state index in [2.05, 4.69) is 67.5 Å². The van der Waals surface area contributed by atoms with Gasteiger partial charge < -0.3 is 15.1 Å². The zero-order valence-corrected chi connectivity index (χ0v) is 19.3. The molecule has 0 radical (unpaired) electrons. The van der Waals surface area contributed by atoms with Gasteiger partial charge in [-0.05, 0) is 49.6 Å². The standard InChI is InChI=1S/C24H37N7/c1-20-6-4-7-23(16-20)30-14-12-29(13-15-30)10-5-9-26-24(25-2)31-11-8-21(19-31)22-17-27-28(3)18-22/h4,6-7,16-18,21H,5,8-15,19H2,1-3H3,(H,25,26). The van der Waals surface area contributed by atoms with Crippen molar-refractivity contribution in [3.8, 4) is 0 Å². The molecule has 0 bridgehead atoms. The molecule has 0 amide bonds. The van der Waals surface area contributed by atoms with Crippen molar-refractivity contribution in [2.45, 2.75) is 25.7 Å². The number of rotatable bonds is 6. The van der Waals surface area contributed by atoms with Crippen molar-refractivity contribution < 1.29 is 0 Å². The van der Waals surface area contributed by atoms with Gasteiger partial charge in [0, 0.05) is 77.7 Å². The number of aryl methyl sites for hydroxylation is 2. The lowest BCUT2D eigenvalue weighted by Gasteiger charge is -2.36. The summed E-state index contributed by atoms with van der Waals surface area (Å²) in [5, 5.41) is 7.91. The summed E-state index contributed by atoms with van der Waals surface area (Å²) in [7, 11) is 3.88. The molecule has 4 rings (SSSR count). The predicted molar refractivity (Wildman–Crippen MR) is 128 cm³/mol. The summed E-state index contributed by atoms with van der Waals surface area (Å²) >= 11 is 0. The van der Waals surface area contributed by atoms with Crippen LogP contribution in [0.5, 0.6) is 0 Å². The van der Waals surface area contributed by atoms with Crippen LogP contribution in [-0.4, -0.2) is 84.9 Å². The fourth-order valence-electron chi connectivity index (χ4n) is 4.77. The van der Waals surface area contributed by atoms with Crippen molar-refractivity contribution >= 4 is 11.6 Å². The molecule has 3 heterocycles. The molecule has 7 heteroatoms. The highest BCUT2D eigenvalue weighted by Crippen LogP contribution is 2.26. The minimum absolute atomic E-state index is 0.553. The molecule has 2 aromatic rings. The molecule has 2 aliphatic rings. The molecule has 1 aromatic carbocycles. The van der Waals surface area contributed by atoms with Crippen molar-refractivity contribution in [3.63, 3.8) is 0 Å². The van der Waals surface area contributed by atoms with Crippen LogP contribution in [-0.2, 0) is 7.05 Å². The van der Waals surface area contributed by atoms with Gasteiger partial charge in [0.25, 0.3) is 0 Å². The van der Waals surface area contributed by atoms with Crippen LogP contribution in [0.1, 0.15) is 29.9 Å². The van der Waals surface area contributed by atoms with Crippen LogP contribution in [0.2, 0.25) is 0 Å². The molecular formula is C24H37N7. The Balaban J connectivity index is 1.15. The first-order chi connectivity index (χ1) is 15.1. The highest BCUT2D eigenvalue weighted by molar-refractivity contribution is 5.80. The Bertz CT molecular complexity index is 866. The number of benzene rings is 1. The molecule has 7 nitrogen and oxygen atoms in total. The van der Waals surface area contributed by atoms with E-state index < -0.39 is 0 Å². The maximum Gasteiger partial charge on any atom is 0.193 e. The SMILES string of the molecule is CN=C(NCCCN1CCN(c2cccc(C)c2)CC1)N1CCC(c2cnn(C)c2)C1. The van der Waals surface area contributed by atoms with E-state index in [9.17, 15) is 0 Å². The van der Waals surface area contributed by atoms with Gasteiger partial charge in [0.15, 0.2) is 5.96 Å². The van der Waals surface area contributed by atoms with E-state index in [1.165, 1.54) is 16.8 Å². The number of hydrogen-bond acceptors (Lipinski definition) is 4. The molecule has 168 valence electrons. The third-order valence-electron chi connectivity index (χ3n) is 6.57. The molecule has 1 unspecified atom stereocenters. The number of guanidine groups is 1. The third kappa shape index (κ3) is 5.58. The van der Waals surface area contributed by atoms with Crippen LogP contribution >= 0.6 is 0 Å². The van der Waals surface area contributed by atoms with Crippen LogP contribution in [0.25, 0.3) is 0 Å². The van der Waals surface area contributed by atoms with E-state index in [0.717, 1.165) is 71.2 Å². The second-order valence-electron chi connectivity index (χ2n) is 8.87. The minimum Gasteiger partial charge on any atom is -0.369 e. The molecule has 0 saturated carbocycles. The lowest BCUT2D eigenvalue weighted by molar-refractivity contribution is 0.255. The van der Waals surface area contributed by atoms with Gasteiger partial charge in [0.2, 0.25) is 0 Å². The number of nitrogens with zero attached hydrogens (tertiary/aromatic N) is 6. The van der Waals surface area contributed by atoms with Crippen LogP contribution < -0.4 is 10.2 Å². The van der Waals surface area contributed by atoms with Gasteiger partial charge in [-0.2, -0.15) is 5.10 Å². The molecule has 2 fully saturated rings. The summed E-state index contributed by atoms with van der Waals surface area (Å²) in [6.07, 6.45) is 6.45. The minimum atomic E-state index is 0.553. The number of aromatic nitrogens is 2. The molecule has 2 aliphatic heterocycles. The molecular weight excluding hydrogens is 386 g/mol. The monoisotopic (exact) mass is 423 g/mol. The van der Waals surface area contributed by atoms with Crippen LogP contribution in [0.4, 0.5) is 5.69 Å². The van der Waals surface area contributed by atoms with Gasteiger partial charge in [-0.1, -0.05) is 12.1 Å². The quantitative estimate of drug-likeness (QED) is 0.439. The maximum absolute atomic E-state index is 4.53. The third-order valence-corrected chi connectivity index (χ3v) is 6.57. The van der Waals surface area contributed by atoms with E-state index in [0.29, 0.717) is 5.92 Å². The molecule has 1 aromatic heterocycles. The number of piperazine rings is 1. The number of likely N-dealkylation sites (tertiary alicyclic amines) is 1. The van der Waals surface area contributed by atoms with Crippen molar-refractivity contribution in [2.24, 2.45) is 12.0 Å². The van der Waals surface area contributed by atoms with Gasteiger partial charge in [-0.3, -0.25) is 14.6 Å². The van der Waals surface area contributed by atoms with E-state index in [-0.39, 0.29) is 0 Å². The summed E-state index contributed by atoms with van der Waals surface area (Å²) in [4.78, 5) is 12.0. The Hall–Kier alpha value is -2.54. The average molecular weight is 424 g/mol. The number of anilines is 1. The van der Waals surface area contributed by atoms with Crippen molar-refractivity contribution in [2.75, 3.05) is 64.3 Å². The van der Waals surface area contributed by atoms with Crippen molar-refractivity contribution in [1.29, 1.82) is 0 Å². The van der Waals surface area contributed by atoms with Gasteiger partial charge >= 0.3 is 0 Å². The number of aliphatic imine (C=N–C) groups is 1. The molecule has 0 aliphatic carbocycles. The maximum atomic E-state index is 4.53. The van der Waals surface area contributed by atoms with Gasteiger partial charge in [-0.15, -0.1) is 0 Å². The zero-order chi connectivity index (χ0) is 21.6. The first-order valence-corrected chi connectivity index (χ1v) is 11.6. The van der Waals surface area contributed by atoms with Crippen molar-refractivity contribution in [1.82, 2.24) is 24.9 Å². The van der Waals surface area contributed by atoms with E-state index in [4.69, 9.17) is 0 Å². The Morgan fingerprint density at radius 2 is 2.03 bits per heavy atom. The van der Waals surface area contributed by atoms with E-state index in [1.807, 2.05) is 25.0 Å². The Labute approximate surface area is 186 Å². The summed E-state index contributed by atoms with van der Waals surface area (Å²) in [5.74, 6) is 1.59. The van der Waals surface area contributed by atoms with Crippen molar-refractivity contribution in [3.05, 3.63) is 47.8 Å². The second kappa shape index (κ2) is 10.2. The fourth-order valence-corrected chi connectivity index (χ4v) is 4.77. The number of nitrogens with one attached hydrogen (secondary N) is 1. The first-order valence-electron chi connectivity index (χ1n) is 11.6. The summed E-state index contributed by atoms with van der Waals surface area (Å²) in [6.45, 7) is 10.9. The molecule has 0 spiro atoms. The van der Waals surface area contributed by atoms with Gasteiger partial charge in [0.1, 0.15) is 0 Å². The Morgan fingerprint density at radius 3 is 2.74 bits per heavy atom. The largest absolute Gasteiger partial charge is 0.369 e. The molecule has 2 saturated heterocycles. The summed E-state index contributed by atoms with van der Waals surface area (Å²) in [6, 6.07) is 8.86. The molecule has 1 N–H and O–H groups in total. The van der Waals surface area contributed by atoms with Crippen LogP contribution in [0.3, 0.4) is 0 Å². The number of hydrogen-bond donors (Lipinski definition) is 1. The average Bonchev–Trinajstić information content (AvgIpc) is 3.43. The lowest BCUT2D eigenvalue weighted by Crippen LogP contribution is -2.47. The van der Waals surface area contributed by atoms with Crippen LogP contribution in [0.15, 0.2) is 41.7 Å². The molecule has 31 heavy (non-hydrogen) atoms. The predicted octanol–water partition coefficient (Wildman–Crippen LogP) is 2.31. The normalized spacial score (nSPS) is 20.5. The first kappa shape index (κ1) is 21.7. The van der Waals surface area contributed by atoms with E-state index in [1.54, 1.807) is 0 Å². The zero-order valence-electron chi connectivity index (χ0n) is 19.3. The Morgan fingerprint density at radius 1 is 1.19 bits per heavy atom. The summed E-state index contributed by atoms with van der Waals surface area (Å²) in [5.41, 5.74) is 4.04. The highest BCUT2D eigenvalue weighted by Gasteiger charge is 2.26. The van der Waals surface area contributed by atoms with Crippen LogP contribution in [0, 0.1) is 6.92 Å². The summed E-state index contributed by atoms with van der Waals surface area (Å²) < 4.78 is 1.89. The smallest absolute Gasteiger partial charge is 0.193 e. The lowest BCUT2D eigenvalue weighted by atomic mass is 10.0.